The van der Waals surface area contributed by atoms with Gasteiger partial charge in [-0.05, 0) is 24.4 Å². The molecule has 0 unspecified atom stereocenters. The minimum Gasteiger partial charge on any atom is -0.506 e. The van der Waals surface area contributed by atoms with E-state index in [0.717, 1.165) is 11.8 Å². The van der Waals surface area contributed by atoms with Crippen LogP contribution in [0, 0.1) is 0 Å². The van der Waals surface area contributed by atoms with Gasteiger partial charge < -0.3 is 16.2 Å². The number of nitrogens with one attached hydrogen (secondary N) is 1. The Morgan fingerprint density at radius 1 is 1.22 bits per heavy atom. The first kappa shape index (κ1) is 12.4. The summed E-state index contributed by atoms with van der Waals surface area (Å²) in [4.78, 5) is 11.9. The molecule has 0 aromatic heterocycles. The van der Waals surface area contributed by atoms with E-state index in [1.54, 1.807) is 12.1 Å². The maximum absolute atomic E-state index is 11.9. The quantitative estimate of drug-likeness (QED) is 0.715. The summed E-state index contributed by atoms with van der Waals surface area (Å²) in [6.07, 6.45) is 0.722. The lowest BCUT2D eigenvalue weighted by molar-refractivity contribution is 0.0951. The van der Waals surface area contributed by atoms with E-state index in [0.29, 0.717) is 24.0 Å². The molecule has 0 aliphatic carbocycles. The standard InChI is InChI=1S/C14H16N2O2/c15-8-3-9-16-14(18)12-7-6-10-4-1-2-5-11(10)13(12)17/h1-2,4-7,17H,3,8-9,15H2,(H,16,18). The molecule has 18 heavy (non-hydrogen) atoms. The summed E-state index contributed by atoms with van der Waals surface area (Å²) in [5, 5.41) is 14.4. The van der Waals surface area contributed by atoms with Crippen LogP contribution in [-0.2, 0) is 0 Å². The molecule has 0 spiro atoms. The van der Waals surface area contributed by atoms with Gasteiger partial charge in [0.15, 0.2) is 0 Å². The Labute approximate surface area is 105 Å². The van der Waals surface area contributed by atoms with Gasteiger partial charge in [0.2, 0.25) is 0 Å². The Bertz CT molecular complexity index is 567. The lowest BCUT2D eigenvalue weighted by Crippen LogP contribution is -2.26. The van der Waals surface area contributed by atoms with Crippen molar-refractivity contribution in [2.45, 2.75) is 6.42 Å². The minimum absolute atomic E-state index is 0.0262. The fraction of sp³-hybridized carbons (Fsp3) is 0.214. The number of hydrogen-bond acceptors (Lipinski definition) is 3. The van der Waals surface area contributed by atoms with E-state index >= 15 is 0 Å². The summed E-state index contributed by atoms with van der Waals surface area (Å²) in [5.74, 6) is -0.245. The number of fused-ring (bicyclic) bond motifs is 1. The van der Waals surface area contributed by atoms with E-state index in [1.807, 2.05) is 24.3 Å². The summed E-state index contributed by atoms with van der Waals surface area (Å²) < 4.78 is 0. The van der Waals surface area contributed by atoms with Crippen molar-refractivity contribution in [1.29, 1.82) is 0 Å². The van der Waals surface area contributed by atoms with Gasteiger partial charge in [-0.25, -0.2) is 0 Å². The Hall–Kier alpha value is -2.07. The molecular formula is C14H16N2O2. The van der Waals surface area contributed by atoms with Crippen molar-refractivity contribution in [2.24, 2.45) is 5.73 Å². The number of aromatic hydroxyl groups is 1. The van der Waals surface area contributed by atoms with Gasteiger partial charge in [-0.3, -0.25) is 4.79 Å². The minimum atomic E-state index is -0.272. The average molecular weight is 244 g/mol. The summed E-state index contributed by atoms with van der Waals surface area (Å²) in [7, 11) is 0. The smallest absolute Gasteiger partial charge is 0.255 e. The van der Waals surface area contributed by atoms with Gasteiger partial charge in [0, 0.05) is 11.9 Å². The van der Waals surface area contributed by atoms with Crippen molar-refractivity contribution in [3.05, 3.63) is 42.0 Å². The maximum atomic E-state index is 11.9. The molecule has 0 aliphatic rings. The Kier molecular flexibility index (Phi) is 3.79. The molecule has 94 valence electrons. The van der Waals surface area contributed by atoms with E-state index in [-0.39, 0.29) is 11.7 Å². The number of benzene rings is 2. The molecule has 1 amide bonds. The van der Waals surface area contributed by atoms with E-state index in [9.17, 15) is 9.90 Å². The monoisotopic (exact) mass is 244 g/mol. The Balaban J connectivity index is 2.28. The molecular weight excluding hydrogens is 228 g/mol. The molecule has 0 aliphatic heterocycles. The number of phenolic OH excluding ortho intramolecular Hbond substituents is 1. The summed E-state index contributed by atoms with van der Waals surface area (Å²) in [6, 6.07) is 10.9. The molecule has 4 N–H and O–H groups in total. The van der Waals surface area contributed by atoms with Crippen molar-refractivity contribution in [1.82, 2.24) is 5.32 Å². The zero-order valence-electron chi connectivity index (χ0n) is 10.0. The first-order chi connectivity index (χ1) is 8.74. The Morgan fingerprint density at radius 2 is 2.00 bits per heavy atom. The van der Waals surface area contributed by atoms with Gasteiger partial charge in [-0.15, -0.1) is 0 Å². The third-order valence-corrected chi connectivity index (χ3v) is 2.81. The normalized spacial score (nSPS) is 10.5. The van der Waals surface area contributed by atoms with Crippen LogP contribution in [-0.4, -0.2) is 24.1 Å². The SMILES string of the molecule is NCCCNC(=O)c1ccc2ccccc2c1O. The van der Waals surface area contributed by atoms with E-state index in [4.69, 9.17) is 5.73 Å². The molecule has 0 saturated carbocycles. The number of rotatable bonds is 4. The highest BCUT2D eigenvalue weighted by molar-refractivity contribution is 6.03. The van der Waals surface area contributed by atoms with Gasteiger partial charge in [-0.1, -0.05) is 30.3 Å². The fourth-order valence-corrected chi connectivity index (χ4v) is 1.84. The van der Waals surface area contributed by atoms with Crippen molar-refractivity contribution in [3.63, 3.8) is 0 Å². The molecule has 2 rings (SSSR count). The van der Waals surface area contributed by atoms with Crippen LogP contribution >= 0.6 is 0 Å². The average Bonchev–Trinajstić information content (AvgIpc) is 2.39. The first-order valence-electron chi connectivity index (χ1n) is 5.93. The predicted octanol–water partition coefficient (Wildman–Crippen LogP) is 1.62. The predicted molar refractivity (Wildman–Crippen MR) is 71.6 cm³/mol. The number of carbonyl (C=O) groups is 1. The van der Waals surface area contributed by atoms with Crippen molar-refractivity contribution in [3.8, 4) is 5.75 Å². The molecule has 2 aromatic carbocycles. The molecule has 4 heteroatoms. The molecule has 0 saturated heterocycles. The van der Waals surface area contributed by atoms with Crippen LogP contribution in [0.4, 0.5) is 0 Å². The van der Waals surface area contributed by atoms with Crippen LogP contribution in [0.1, 0.15) is 16.8 Å². The number of nitrogens with two attached hydrogens (primary N) is 1. The molecule has 2 aromatic rings. The lowest BCUT2D eigenvalue weighted by atomic mass is 10.0. The summed E-state index contributed by atoms with van der Waals surface area (Å²) in [5.41, 5.74) is 5.65. The zero-order valence-corrected chi connectivity index (χ0v) is 10.0. The first-order valence-corrected chi connectivity index (χ1v) is 5.93. The van der Waals surface area contributed by atoms with Gasteiger partial charge >= 0.3 is 0 Å². The van der Waals surface area contributed by atoms with E-state index in [2.05, 4.69) is 5.32 Å². The molecule has 0 heterocycles. The second-order valence-corrected chi connectivity index (χ2v) is 4.08. The topological polar surface area (TPSA) is 75.3 Å². The van der Waals surface area contributed by atoms with Crippen LogP contribution in [0.3, 0.4) is 0 Å². The van der Waals surface area contributed by atoms with Crippen molar-refractivity contribution >= 4 is 16.7 Å². The highest BCUT2D eigenvalue weighted by Crippen LogP contribution is 2.28. The molecule has 4 nitrogen and oxygen atoms in total. The number of phenols is 1. The number of carbonyl (C=O) groups excluding carboxylic acids is 1. The highest BCUT2D eigenvalue weighted by atomic mass is 16.3. The van der Waals surface area contributed by atoms with Crippen LogP contribution in [0.2, 0.25) is 0 Å². The van der Waals surface area contributed by atoms with Gasteiger partial charge in [0.1, 0.15) is 5.75 Å². The third kappa shape index (κ3) is 2.43. The zero-order chi connectivity index (χ0) is 13.0. The molecule has 0 radical (unpaired) electrons. The van der Waals surface area contributed by atoms with Gasteiger partial charge in [0.05, 0.1) is 5.56 Å². The summed E-state index contributed by atoms with van der Waals surface area (Å²) >= 11 is 0. The second-order valence-electron chi connectivity index (χ2n) is 4.08. The van der Waals surface area contributed by atoms with E-state index < -0.39 is 0 Å². The largest absolute Gasteiger partial charge is 0.506 e. The van der Waals surface area contributed by atoms with Gasteiger partial charge in [-0.2, -0.15) is 0 Å². The van der Waals surface area contributed by atoms with Crippen LogP contribution in [0.5, 0.6) is 5.75 Å². The van der Waals surface area contributed by atoms with Crippen LogP contribution in [0.15, 0.2) is 36.4 Å². The summed E-state index contributed by atoms with van der Waals surface area (Å²) in [6.45, 7) is 1.05. The number of amides is 1. The van der Waals surface area contributed by atoms with Crippen LogP contribution < -0.4 is 11.1 Å². The second kappa shape index (κ2) is 5.51. The molecule has 0 bridgehead atoms. The Morgan fingerprint density at radius 3 is 2.78 bits per heavy atom. The van der Waals surface area contributed by atoms with Crippen molar-refractivity contribution < 1.29 is 9.90 Å². The van der Waals surface area contributed by atoms with Crippen LogP contribution in [0.25, 0.3) is 10.8 Å². The fourth-order valence-electron chi connectivity index (χ4n) is 1.84. The maximum Gasteiger partial charge on any atom is 0.255 e. The highest BCUT2D eigenvalue weighted by Gasteiger charge is 2.12. The van der Waals surface area contributed by atoms with Crippen molar-refractivity contribution in [2.75, 3.05) is 13.1 Å². The molecule has 0 atom stereocenters. The van der Waals surface area contributed by atoms with E-state index in [1.165, 1.54) is 0 Å². The third-order valence-electron chi connectivity index (χ3n) is 2.81. The number of hydrogen-bond donors (Lipinski definition) is 3. The lowest BCUT2D eigenvalue weighted by Gasteiger charge is -2.08. The van der Waals surface area contributed by atoms with Gasteiger partial charge in [0.25, 0.3) is 5.91 Å². The molecule has 0 fully saturated rings.